The van der Waals surface area contributed by atoms with Crippen LogP contribution in [0.2, 0.25) is 0 Å². The van der Waals surface area contributed by atoms with Crippen molar-refractivity contribution in [3.8, 4) is 5.69 Å². The lowest BCUT2D eigenvalue weighted by Gasteiger charge is -2.13. The zero-order valence-corrected chi connectivity index (χ0v) is 19.8. The van der Waals surface area contributed by atoms with Gasteiger partial charge in [-0.05, 0) is 51.0 Å². The van der Waals surface area contributed by atoms with Gasteiger partial charge in [0.15, 0.2) is 5.96 Å². The molecule has 8 heteroatoms. The average molecular weight is 507 g/mol. The van der Waals surface area contributed by atoms with Gasteiger partial charge in [-0.2, -0.15) is 10.2 Å². The van der Waals surface area contributed by atoms with Crippen LogP contribution in [0.15, 0.2) is 47.7 Å². The molecule has 0 fully saturated rings. The van der Waals surface area contributed by atoms with Crippen molar-refractivity contribution in [3.05, 3.63) is 65.2 Å². The Morgan fingerprint density at radius 3 is 2.59 bits per heavy atom. The Kier molecular flexibility index (Phi) is 8.69. The van der Waals surface area contributed by atoms with Gasteiger partial charge in [0.05, 0.1) is 30.7 Å². The molecule has 0 radical (unpaired) electrons. The fraction of sp³-hybridized carbons (Fsp3) is 0.381. The van der Waals surface area contributed by atoms with Crippen molar-refractivity contribution in [1.29, 1.82) is 0 Å². The molecule has 0 saturated heterocycles. The summed E-state index contributed by atoms with van der Waals surface area (Å²) in [6.07, 6.45) is 3.91. The molecule has 2 heterocycles. The minimum absolute atomic E-state index is 0. The highest BCUT2D eigenvalue weighted by molar-refractivity contribution is 14.0. The third kappa shape index (κ3) is 6.31. The number of aliphatic imine (C=N–C) groups is 1. The van der Waals surface area contributed by atoms with Crippen LogP contribution in [0, 0.1) is 20.8 Å². The second-order valence-electron chi connectivity index (χ2n) is 6.87. The van der Waals surface area contributed by atoms with Gasteiger partial charge in [-0.3, -0.25) is 4.68 Å². The molecule has 29 heavy (non-hydrogen) atoms. The lowest BCUT2D eigenvalue weighted by atomic mass is 10.2. The molecule has 3 rings (SSSR count). The molecule has 0 atom stereocenters. The molecule has 0 aliphatic heterocycles. The topological polar surface area (TPSA) is 72.1 Å². The van der Waals surface area contributed by atoms with Crippen molar-refractivity contribution in [3.63, 3.8) is 0 Å². The number of nitrogens with one attached hydrogen (secondary N) is 2. The molecule has 0 aliphatic carbocycles. The van der Waals surface area contributed by atoms with Crippen LogP contribution in [0.25, 0.3) is 5.69 Å². The molecule has 0 amide bonds. The van der Waals surface area contributed by atoms with E-state index in [-0.39, 0.29) is 24.0 Å². The summed E-state index contributed by atoms with van der Waals surface area (Å²) in [7, 11) is 0. The number of aryl methyl sites for hydroxylation is 3. The quantitative estimate of drug-likeness (QED) is 0.292. The molecular weight excluding hydrogens is 477 g/mol. The Morgan fingerprint density at radius 1 is 1.14 bits per heavy atom. The zero-order valence-electron chi connectivity index (χ0n) is 17.5. The molecule has 0 aliphatic rings. The third-order valence-corrected chi connectivity index (χ3v) is 4.38. The summed E-state index contributed by atoms with van der Waals surface area (Å²) in [6.45, 7) is 11.1. The number of hydrogen-bond donors (Lipinski definition) is 2. The first kappa shape index (κ1) is 22.9. The molecule has 2 N–H and O–H groups in total. The number of guanidine groups is 1. The van der Waals surface area contributed by atoms with E-state index in [4.69, 9.17) is 4.99 Å². The van der Waals surface area contributed by atoms with Crippen LogP contribution < -0.4 is 10.6 Å². The minimum Gasteiger partial charge on any atom is -0.357 e. The zero-order chi connectivity index (χ0) is 19.9. The van der Waals surface area contributed by atoms with Crippen LogP contribution >= 0.6 is 24.0 Å². The van der Waals surface area contributed by atoms with Crippen LogP contribution in [0.5, 0.6) is 0 Å². The summed E-state index contributed by atoms with van der Waals surface area (Å²) in [4.78, 5) is 4.77. The first-order valence-electron chi connectivity index (χ1n) is 9.69. The molecule has 156 valence electrons. The molecular formula is C21H30IN7. The number of benzene rings is 1. The van der Waals surface area contributed by atoms with Crippen molar-refractivity contribution in [2.75, 3.05) is 13.1 Å². The van der Waals surface area contributed by atoms with Gasteiger partial charge in [0.2, 0.25) is 0 Å². The van der Waals surface area contributed by atoms with Gasteiger partial charge in [0.1, 0.15) is 0 Å². The van der Waals surface area contributed by atoms with Crippen LogP contribution in [-0.2, 0) is 13.1 Å². The Hall–Kier alpha value is -2.36. The molecule has 0 unspecified atom stereocenters. The van der Waals surface area contributed by atoms with Gasteiger partial charge in [-0.15, -0.1) is 24.0 Å². The predicted molar refractivity (Wildman–Crippen MR) is 128 cm³/mol. The van der Waals surface area contributed by atoms with Crippen molar-refractivity contribution >= 4 is 29.9 Å². The van der Waals surface area contributed by atoms with E-state index >= 15 is 0 Å². The van der Waals surface area contributed by atoms with Gasteiger partial charge < -0.3 is 10.6 Å². The number of hydrogen-bond acceptors (Lipinski definition) is 3. The average Bonchev–Trinajstić information content (AvgIpc) is 3.24. The van der Waals surface area contributed by atoms with Gasteiger partial charge in [-0.1, -0.05) is 18.2 Å². The standard InChI is InChI=1S/C21H29N7.HI/c1-5-22-21(23-10-11-27-15-16(2)13-25-27)24-14-19-8-6-7-9-20(19)28-18(4)12-17(3)26-28;/h6-9,12-13,15H,5,10-11,14H2,1-4H3,(H2,22,23,24);1H. The van der Waals surface area contributed by atoms with E-state index < -0.39 is 0 Å². The minimum atomic E-state index is 0. The summed E-state index contributed by atoms with van der Waals surface area (Å²) in [5.41, 5.74) is 5.50. The van der Waals surface area contributed by atoms with E-state index in [1.54, 1.807) is 0 Å². The Labute approximate surface area is 189 Å². The van der Waals surface area contributed by atoms with Gasteiger partial charge in [0, 0.05) is 25.0 Å². The van der Waals surface area contributed by atoms with Crippen LogP contribution in [0.3, 0.4) is 0 Å². The van der Waals surface area contributed by atoms with Crippen LogP contribution in [0.1, 0.15) is 29.4 Å². The largest absolute Gasteiger partial charge is 0.357 e. The highest BCUT2D eigenvalue weighted by atomic mass is 127. The van der Waals surface area contributed by atoms with E-state index in [1.807, 2.05) is 47.7 Å². The van der Waals surface area contributed by atoms with Crippen molar-refractivity contribution in [1.82, 2.24) is 30.2 Å². The maximum absolute atomic E-state index is 4.77. The van der Waals surface area contributed by atoms with E-state index in [9.17, 15) is 0 Å². The molecule has 3 aromatic rings. The van der Waals surface area contributed by atoms with Crippen molar-refractivity contribution in [2.45, 2.75) is 40.8 Å². The number of aromatic nitrogens is 4. The summed E-state index contributed by atoms with van der Waals surface area (Å²) < 4.78 is 3.92. The third-order valence-electron chi connectivity index (χ3n) is 4.38. The van der Waals surface area contributed by atoms with Crippen LogP contribution in [0.4, 0.5) is 0 Å². The number of rotatable bonds is 7. The second-order valence-corrected chi connectivity index (χ2v) is 6.87. The number of para-hydroxylation sites is 1. The molecule has 2 aromatic heterocycles. The van der Waals surface area contributed by atoms with E-state index in [1.165, 1.54) is 5.56 Å². The van der Waals surface area contributed by atoms with E-state index in [0.29, 0.717) is 6.54 Å². The molecule has 0 saturated carbocycles. The summed E-state index contributed by atoms with van der Waals surface area (Å²) in [6, 6.07) is 10.4. The van der Waals surface area contributed by atoms with Crippen LogP contribution in [-0.4, -0.2) is 38.6 Å². The number of nitrogens with zero attached hydrogens (tertiary/aromatic N) is 5. The summed E-state index contributed by atoms with van der Waals surface area (Å²) in [5, 5.41) is 15.6. The highest BCUT2D eigenvalue weighted by Gasteiger charge is 2.08. The smallest absolute Gasteiger partial charge is 0.191 e. The van der Waals surface area contributed by atoms with Gasteiger partial charge in [-0.25, -0.2) is 9.67 Å². The first-order valence-corrected chi connectivity index (χ1v) is 9.69. The fourth-order valence-electron chi connectivity index (χ4n) is 3.11. The maximum atomic E-state index is 4.77. The second kappa shape index (κ2) is 11.0. The van der Waals surface area contributed by atoms with E-state index in [0.717, 1.165) is 48.2 Å². The normalized spacial score (nSPS) is 11.2. The Balaban J connectivity index is 0.00000300. The van der Waals surface area contributed by atoms with Crippen molar-refractivity contribution in [2.24, 2.45) is 4.99 Å². The Morgan fingerprint density at radius 2 is 1.93 bits per heavy atom. The highest BCUT2D eigenvalue weighted by Crippen LogP contribution is 2.17. The van der Waals surface area contributed by atoms with Crippen molar-refractivity contribution < 1.29 is 0 Å². The molecule has 0 spiro atoms. The molecule has 7 nitrogen and oxygen atoms in total. The first-order chi connectivity index (χ1) is 13.6. The van der Waals surface area contributed by atoms with Gasteiger partial charge in [0.25, 0.3) is 0 Å². The Bertz CT molecular complexity index is 942. The predicted octanol–water partition coefficient (Wildman–Crippen LogP) is 3.37. The summed E-state index contributed by atoms with van der Waals surface area (Å²) >= 11 is 0. The summed E-state index contributed by atoms with van der Waals surface area (Å²) in [5.74, 6) is 0.801. The maximum Gasteiger partial charge on any atom is 0.191 e. The number of halogens is 1. The lowest BCUT2D eigenvalue weighted by Crippen LogP contribution is -2.38. The van der Waals surface area contributed by atoms with E-state index in [2.05, 4.69) is 52.9 Å². The van der Waals surface area contributed by atoms with Gasteiger partial charge >= 0.3 is 0 Å². The fourth-order valence-corrected chi connectivity index (χ4v) is 3.11. The lowest BCUT2D eigenvalue weighted by molar-refractivity contribution is 0.597. The monoisotopic (exact) mass is 507 g/mol. The molecule has 1 aromatic carbocycles. The molecule has 0 bridgehead atoms. The SMILES string of the molecule is CCNC(=NCc1ccccc1-n1nc(C)cc1C)NCCn1cc(C)cn1.I.